The molecular weight excluding hydrogens is 284 g/mol. The Morgan fingerprint density at radius 3 is 2.45 bits per heavy atom. The molecule has 2 aromatic heterocycles. The number of rotatable bonds is 1. The number of nitrogens with one attached hydrogen (secondary N) is 1. The van der Waals surface area contributed by atoms with Crippen LogP contribution in [-0.2, 0) is 0 Å². The second kappa shape index (κ2) is 4.36. The van der Waals surface area contributed by atoms with Gasteiger partial charge in [-0.2, -0.15) is 0 Å². The Balaban J connectivity index is 1.99. The first-order valence-electron chi connectivity index (χ1n) is 6.54. The van der Waals surface area contributed by atoms with Gasteiger partial charge in [-0.25, -0.2) is 0 Å². The quantitative estimate of drug-likeness (QED) is 0.577. The van der Waals surface area contributed by atoms with Gasteiger partial charge >= 0.3 is 0 Å². The molecule has 4 rings (SSSR count). The van der Waals surface area contributed by atoms with Gasteiger partial charge in [0.05, 0.1) is 5.56 Å². The molecule has 3 aromatic rings. The van der Waals surface area contributed by atoms with E-state index in [2.05, 4.69) is 10.1 Å². The van der Waals surface area contributed by atoms with Gasteiger partial charge < -0.3 is 9.51 Å². The van der Waals surface area contributed by atoms with Crippen molar-refractivity contribution in [3.63, 3.8) is 0 Å². The van der Waals surface area contributed by atoms with Crippen LogP contribution in [0.25, 0.3) is 11.3 Å². The van der Waals surface area contributed by atoms with Gasteiger partial charge in [-0.05, 0) is 6.07 Å². The summed E-state index contributed by atoms with van der Waals surface area (Å²) in [5.74, 6) is -1.03. The lowest BCUT2D eigenvalue weighted by molar-refractivity contribution is 0.0951. The Morgan fingerprint density at radius 2 is 1.68 bits per heavy atom. The fraction of sp³-hybridized carbons (Fsp3) is 0. The van der Waals surface area contributed by atoms with Crippen LogP contribution >= 0.6 is 0 Å². The van der Waals surface area contributed by atoms with Gasteiger partial charge in [-0.15, -0.1) is 0 Å². The van der Waals surface area contributed by atoms with E-state index in [0.29, 0.717) is 11.3 Å². The van der Waals surface area contributed by atoms with E-state index in [0.717, 1.165) is 0 Å². The van der Waals surface area contributed by atoms with E-state index in [1.165, 1.54) is 12.1 Å². The van der Waals surface area contributed by atoms with E-state index >= 15 is 0 Å². The van der Waals surface area contributed by atoms with Crippen molar-refractivity contribution in [1.82, 2.24) is 10.1 Å². The molecule has 0 amide bonds. The number of fused-ring (bicyclic) bond motifs is 2. The van der Waals surface area contributed by atoms with E-state index in [1.807, 2.05) is 6.07 Å². The van der Waals surface area contributed by atoms with Crippen LogP contribution in [0.1, 0.15) is 32.2 Å². The molecule has 6 heteroatoms. The molecule has 0 bridgehead atoms. The van der Waals surface area contributed by atoms with Crippen LogP contribution < -0.4 is 5.56 Å². The first kappa shape index (κ1) is 12.5. The van der Waals surface area contributed by atoms with Crippen LogP contribution in [-0.4, -0.2) is 21.7 Å². The lowest BCUT2D eigenvalue weighted by Gasteiger charge is -2.12. The molecule has 0 aliphatic heterocycles. The number of nitrogens with zero attached hydrogens (tertiary/aromatic N) is 1. The van der Waals surface area contributed by atoms with Crippen molar-refractivity contribution < 1.29 is 14.1 Å². The van der Waals surface area contributed by atoms with Crippen molar-refractivity contribution in [2.24, 2.45) is 0 Å². The molecule has 0 spiro atoms. The average Bonchev–Trinajstić information content (AvgIpc) is 2.99. The smallest absolute Gasteiger partial charge is 0.248 e. The maximum atomic E-state index is 12.6. The predicted molar refractivity (Wildman–Crippen MR) is 75.9 cm³/mol. The molecule has 1 aromatic carbocycles. The lowest BCUT2D eigenvalue weighted by atomic mass is 9.89. The summed E-state index contributed by atoms with van der Waals surface area (Å²) in [6.07, 6.45) is 0. The summed E-state index contributed by atoms with van der Waals surface area (Å²) >= 11 is 0. The molecule has 1 N–H and O–H groups in total. The minimum Gasteiger partial charge on any atom is -0.351 e. The Morgan fingerprint density at radius 1 is 0.909 bits per heavy atom. The molecule has 0 atom stereocenters. The third-order valence-corrected chi connectivity index (χ3v) is 3.56. The largest absolute Gasteiger partial charge is 0.351 e. The third-order valence-electron chi connectivity index (χ3n) is 3.56. The van der Waals surface area contributed by atoms with Crippen LogP contribution in [0, 0.1) is 0 Å². The fourth-order valence-corrected chi connectivity index (χ4v) is 2.54. The van der Waals surface area contributed by atoms with Crippen molar-refractivity contribution in [2.75, 3.05) is 0 Å². The Bertz CT molecular complexity index is 983. The van der Waals surface area contributed by atoms with Crippen LogP contribution in [0.3, 0.4) is 0 Å². The van der Waals surface area contributed by atoms with E-state index in [1.54, 1.807) is 24.3 Å². The summed E-state index contributed by atoms with van der Waals surface area (Å²) in [7, 11) is 0. The van der Waals surface area contributed by atoms with Crippen LogP contribution in [0.5, 0.6) is 0 Å². The number of benzene rings is 1. The molecular formula is C16H8N2O4. The Kier molecular flexibility index (Phi) is 2.47. The van der Waals surface area contributed by atoms with Crippen molar-refractivity contribution in [2.45, 2.75) is 0 Å². The van der Waals surface area contributed by atoms with Crippen molar-refractivity contribution in [3.05, 3.63) is 75.4 Å². The molecule has 0 radical (unpaired) electrons. The molecule has 6 nitrogen and oxygen atoms in total. The van der Waals surface area contributed by atoms with Crippen molar-refractivity contribution in [1.29, 1.82) is 0 Å². The molecule has 0 saturated heterocycles. The van der Waals surface area contributed by atoms with Gasteiger partial charge in [-0.3, -0.25) is 14.4 Å². The van der Waals surface area contributed by atoms with E-state index < -0.39 is 17.1 Å². The zero-order valence-corrected chi connectivity index (χ0v) is 11.1. The molecule has 2 heterocycles. The van der Waals surface area contributed by atoms with Gasteiger partial charge in [0.25, 0.3) is 0 Å². The maximum absolute atomic E-state index is 12.6. The Hall–Kier alpha value is -3.28. The fourth-order valence-electron chi connectivity index (χ4n) is 2.54. The summed E-state index contributed by atoms with van der Waals surface area (Å²) in [6.45, 7) is 0. The standard InChI is InChI=1S/C16H8N2O4/c19-10-7-6-9-13(17-10)15(21)11-12(8-4-2-1-3-5-8)18-22-16(11)14(9)20/h1-7H,(H,17,19). The van der Waals surface area contributed by atoms with Gasteiger partial charge in [0.2, 0.25) is 22.9 Å². The highest BCUT2D eigenvalue weighted by Crippen LogP contribution is 2.32. The summed E-state index contributed by atoms with van der Waals surface area (Å²) in [6, 6.07) is 11.5. The first-order valence-corrected chi connectivity index (χ1v) is 6.54. The van der Waals surface area contributed by atoms with Gasteiger partial charge in [-0.1, -0.05) is 35.5 Å². The zero-order chi connectivity index (χ0) is 15.3. The van der Waals surface area contributed by atoms with E-state index in [4.69, 9.17) is 4.52 Å². The number of ketones is 2. The van der Waals surface area contributed by atoms with Crippen LogP contribution in [0.4, 0.5) is 0 Å². The number of aromatic amines is 1. The summed E-state index contributed by atoms with van der Waals surface area (Å²) < 4.78 is 5.10. The number of pyridine rings is 1. The molecule has 1 aliphatic carbocycles. The SMILES string of the molecule is O=C1c2ccc(=O)[nH]c2C(=O)c2c(-c3ccccc3)noc21. The minimum absolute atomic E-state index is 0.0228. The molecule has 0 fully saturated rings. The predicted octanol–water partition coefficient (Wildman–Crippen LogP) is 1.81. The number of hydrogen-bond donors (Lipinski definition) is 1. The lowest BCUT2D eigenvalue weighted by Crippen LogP contribution is -2.24. The molecule has 1 aliphatic rings. The number of aromatic nitrogens is 2. The number of carbonyl (C=O) groups excluding carboxylic acids is 2. The third kappa shape index (κ3) is 1.61. The first-order chi connectivity index (χ1) is 10.7. The topological polar surface area (TPSA) is 93.0 Å². The van der Waals surface area contributed by atoms with Gasteiger partial charge in [0, 0.05) is 11.6 Å². The van der Waals surface area contributed by atoms with Crippen molar-refractivity contribution in [3.8, 4) is 11.3 Å². The molecule has 22 heavy (non-hydrogen) atoms. The highest BCUT2D eigenvalue weighted by Gasteiger charge is 2.37. The number of hydrogen-bond acceptors (Lipinski definition) is 5. The monoisotopic (exact) mass is 292 g/mol. The Labute approximate surface area is 123 Å². The minimum atomic E-state index is -0.470. The molecule has 106 valence electrons. The highest BCUT2D eigenvalue weighted by molar-refractivity contribution is 6.28. The second-order valence-electron chi connectivity index (χ2n) is 4.87. The summed E-state index contributed by atoms with van der Waals surface area (Å²) in [5.41, 5.74) is 0.699. The van der Waals surface area contributed by atoms with Crippen LogP contribution in [0.2, 0.25) is 0 Å². The second-order valence-corrected chi connectivity index (χ2v) is 4.87. The van der Waals surface area contributed by atoms with Crippen LogP contribution in [0.15, 0.2) is 51.8 Å². The number of H-pyrrole nitrogens is 1. The maximum Gasteiger partial charge on any atom is 0.248 e. The normalized spacial score (nSPS) is 12.9. The van der Waals surface area contributed by atoms with E-state index in [9.17, 15) is 14.4 Å². The molecule has 0 unspecified atom stereocenters. The molecule has 0 saturated carbocycles. The van der Waals surface area contributed by atoms with Gasteiger partial charge in [0.15, 0.2) is 0 Å². The zero-order valence-electron chi connectivity index (χ0n) is 11.1. The number of carbonyl (C=O) groups is 2. The highest BCUT2D eigenvalue weighted by atomic mass is 16.5. The summed E-state index contributed by atoms with van der Waals surface area (Å²) in [4.78, 5) is 38.9. The average molecular weight is 292 g/mol. The van der Waals surface area contributed by atoms with Crippen molar-refractivity contribution >= 4 is 11.6 Å². The summed E-state index contributed by atoms with van der Waals surface area (Å²) in [5, 5.41) is 3.87. The van der Waals surface area contributed by atoms with Gasteiger partial charge in [0.1, 0.15) is 17.0 Å². The van der Waals surface area contributed by atoms with E-state index in [-0.39, 0.29) is 22.6 Å².